The first-order valence-corrected chi connectivity index (χ1v) is 10.2. The molecule has 1 saturated carbocycles. The van der Waals surface area contributed by atoms with Gasteiger partial charge in [-0.2, -0.15) is 0 Å². The molecule has 4 rings (SSSR count). The Morgan fingerprint density at radius 3 is 2.21 bits per heavy atom. The maximum absolute atomic E-state index is 13.2. The van der Waals surface area contributed by atoms with E-state index in [2.05, 4.69) is 29.6 Å². The molecule has 0 spiro atoms. The number of hydrogen-bond donors (Lipinski definition) is 1. The van der Waals surface area contributed by atoms with Crippen molar-refractivity contribution in [3.63, 3.8) is 0 Å². The molecular formula is C24H26N2O3. The summed E-state index contributed by atoms with van der Waals surface area (Å²) in [5.74, 6) is -0.0351. The van der Waals surface area contributed by atoms with Gasteiger partial charge in [0.15, 0.2) is 5.78 Å². The molecule has 2 aliphatic rings. The standard InChI is InChI=1S/C24H26N2O3/c1-15-7-9-17(10-8-15)21-13-26(14-22(21)25-23(28)18-11-12-18)24(29)20-6-4-3-5-19(20)16(2)27/h3-10,18,21-22H,11-14H2,1-2H3,(H,25,28)/t21-,22+/m0/s1. The molecule has 1 heterocycles. The molecular weight excluding hydrogens is 364 g/mol. The zero-order valence-electron chi connectivity index (χ0n) is 16.9. The van der Waals surface area contributed by atoms with Crippen molar-refractivity contribution in [2.75, 3.05) is 13.1 Å². The van der Waals surface area contributed by atoms with E-state index in [0.29, 0.717) is 24.2 Å². The maximum Gasteiger partial charge on any atom is 0.254 e. The highest BCUT2D eigenvalue weighted by Gasteiger charge is 2.40. The zero-order valence-corrected chi connectivity index (χ0v) is 16.9. The topological polar surface area (TPSA) is 66.5 Å². The van der Waals surface area contributed by atoms with Gasteiger partial charge in [0.25, 0.3) is 5.91 Å². The number of ketones is 1. The van der Waals surface area contributed by atoms with Crippen molar-refractivity contribution in [2.45, 2.75) is 38.6 Å². The van der Waals surface area contributed by atoms with Gasteiger partial charge in [-0.05, 0) is 38.3 Å². The average Bonchev–Trinajstić information content (AvgIpc) is 3.49. The van der Waals surface area contributed by atoms with E-state index in [4.69, 9.17) is 0 Å². The van der Waals surface area contributed by atoms with Crippen LogP contribution in [0.5, 0.6) is 0 Å². The normalized spacial score (nSPS) is 21.1. The minimum absolute atomic E-state index is 0.0340. The summed E-state index contributed by atoms with van der Waals surface area (Å²) in [6.45, 7) is 4.48. The summed E-state index contributed by atoms with van der Waals surface area (Å²) in [4.78, 5) is 39.4. The number of likely N-dealkylation sites (tertiary alicyclic amines) is 1. The van der Waals surface area contributed by atoms with Crippen LogP contribution in [0.4, 0.5) is 0 Å². The molecule has 2 atom stereocenters. The Kier molecular flexibility index (Phi) is 5.22. The van der Waals surface area contributed by atoms with Crippen molar-refractivity contribution in [3.8, 4) is 0 Å². The zero-order chi connectivity index (χ0) is 20.5. The van der Waals surface area contributed by atoms with Gasteiger partial charge < -0.3 is 10.2 Å². The lowest BCUT2D eigenvalue weighted by atomic mass is 9.93. The Morgan fingerprint density at radius 1 is 0.931 bits per heavy atom. The molecule has 5 nitrogen and oxygen atoms in total. The average molecular weight is 390 g/mol. The van der Waals surface area contributed by atoms with Crippen LogP contribution in [-0.2, 0) is 4.79 Å². The van der Waals surface area contributed by atoms with Crippen molar-refractivity contribution >= 4 is 17.6 Å². The number of nitrogens with zero attached hydrogens (tertiary/aromatic N) is 1. The van der Waals surface area contributed by atoms with Crippen molar-refractivity contribution < 1.29 is 14.4 Å². The molecule has 0 bridgehead atoms. The summed E-state index contributed by atoms with van der Waals surface area (Å²) >= 11 is 0. The van der Waals surface area contributed by atoms with E-state index in [-0.39, 0.29) is 35.5 Å². The lowest BCUT2D eigenvalue weighted by Gasteiger charge is -2.20. The highest BCUT2D eigenvalue weighted by Crippen LogP contribution is 2.33. The number of Topliss-reactive ketones (excluding diaryl/α,β-unsaturated/α-hetero) is 1. The summed E-state index contributed by atoms with van der Waals surface area (Å²) in [5, 5.41) is 3.18. The molecule has 5 heteroatoms. The van der Waals surface area contributed by atoms with Crippen LogP contribution in [-0.4, -0.2) is 41.6 Å². The number of rotatable bonds is 5. The van der Waals surface area contributed by atoms with Crippen LogP contribution in [0.1, 0.15) is 57.5 Å². The van der Waals surface area contributed by atoms with Crippen LogP contribution in [0.25, 0.3) is 0 Å². The van der Waals surface area contributed by atoms with Gasteiger partial charge in [0.1, 0.15) is 0 Å². The first-order chi connectivity index (χ1) is 13.9. The number of hydrogen-bond acceptors (Lipinski definition) is 3. The molecule has 0 unspecified atom stereocenters. The molecule has 1 aliphatic carbocycles. The van der Waals surface area contributed by atoms with Crippen LogP contribution >= 0.6 is 0 Å². The van der Waals surface area contributed by atoms with Crippen LogP contribution in [0.2, 0.25) is 0 Å². The molecule has 0 radical (unpaired) electrons. The van der Waals surface area contributed by atoms with Gasteiger partial charge in [0.2, 0.25) is 5.91 Å². The van der Waals surface area contributed by atoms with E-state index in [0.717, 1.165) is 18.4 Å². The maximum atomic E-state index is 13.2. The van der Waals surface area contributed by atoms with Gasteiger partial charge >= 0.3 is 0 Å². The Labute approximate surface area is 171 Å². The molecule has 1 saturated heterocycles. The molecule has 2 fully saturated rings. The first-order valence-electron chi connectivity index (χ1n) is 10.2. The molecule has 2 amide bonds. The Bertz CT molecular complexity index is 947. The number of carbonyl (C=O) groups excluding carboxylic acids is 3. The fourth-order valence-corrected chi connectivity index (χ4v) is 4.06. The van der Waals surface area contributed by atoms with Gasteiger partial charge in [-0.3, -0.25) is 14.4 Å². The lowest BCUT2D eigenvalue weighted by molar-refractivity contribution is -0.123. The van der Waals surface area contributed by atoms with Crippen LogP contribution in [0.15, 0.2) is 48.5 Å². The van der Waals surface area contributed by atoms with E-state index < -0.39 is 0 Å². The second-order valence-electron chi connectivity index (χ2n) is 8.22. The van der Waals surface area contributed by atoms with E-state index in [1.807, 2.05) is 6.92 Å². The van der Waals surface area contributed by atoms with E-state index >= 15 is 0 Å². The predicted molar refractivity (Wildman–Crippen MR) is 111 cm³/mol. The summed E-state index contributed by atoms with van der Waals surface area (Å²) in [6, 6.07) is 15.1. The number of aryl methyl sites for hydroxylation is 1. The Morgan fingerprint density at radius 2 is 1.59 bits per heavy atom. The number of benzene rings is 2. The Hall–Kier alpha value is -2.95. The molecule has 1 aliphatic heterocycles. The Balaban J connectivity index is 1.60. The highest BCUT2D eigenvalue weighted by atomic mass is 16.2. The fourth-order valence-electron chi connectivity index (χ4n) is 4.06. The smallest absolute Gasteiger partial charge is 0.254 e. The highest BCUT2D eigenvalue weighted by molar-refractivity contribution is 6.07. The lowest BCUT2D eigenvalue weighted by Crippen LogP contribution is -2.41. The van der Waals surface area contributed by atoms with Crippen molar-refractivity contribution in [1.29, 1.82) is 0 Å². The van der Waals surface area contributed by atoms with Gasteiger partial charge in [-0.15, -0.1) is 0 Å². The van der Waals surface area contributed by atoms with Crippen LogP contribution in [0.3, 0.4) is 0 Å². The second kappa shape index (κ2) is 7.82. The number of nitrogens with one attached hydrogen (secondary N) is 1. The third-order valence-electron chi connectivity index (χ3n) is 5.93. The van der Waals surface area contributed by atoms with E-state index in [1.165, 1.54) is 12.5 Å². The van der Waals surface area contributed by atoms with Crippen molar-refractivity contribution in [2.24, 2.45) is 5.92 Å². The first kappa shape index (κ1) is 19.4. The largest absolute Gasteiger partial charge is 0.351 e. The number of amides is 2. The molecule has 1 N–H and O–H groups in total. The van der Waals surface area contributed by atoms with Gasteiger partial charge in [-0.25, -0.2) is 0 Å². The van der Waals surface area contributed by atoms with E-state index in [1.54, 1.807) is 29.2 Å². The molecule has 2 aromatic rings. The van der Waals surface area contributed by atoms with Gasteiger partial charge in [0, 0.05) is 30.5 Å². The monoisotopic (exact) mass is 390 g/mol. The number of carbonyl (C=O) groups is 3. The fraction of sp³-hybridized carbons (Fsp3) is 0.375. The summed E-state index contributed by atoms with van der Waals surface area (Å²) < 4.78 is 0. The summed E-state index contributed by atoms with van der Waals surface area (Å²) in [6.07, 6.45) is 1.89. The summed E-state index contributed by atoms with van der Waals surface area (Å²) in [7, 11) is 0. The third kappa shape index (κ3) is 4.09. The second-order valence-corrected chi connectivity index (χ2v) is 8.22. The third-order valence-corrected chi connectivity index (χ3v) is 5.93. The molecule has 2 aromatic carbocycles. The molecule has 29 heavy (non-hydrogen) atoms. The van der Waals surface area contributed by atoms with Crippen molar-refractivity contribution in [1.82, 2.24) is 10.2 Å². The predicted octanol–water partition coefficient (Wildman–Crippen LogP) is 3.33. The SMILES string of the molecule is CC(=O)c1ccccc1C(=O)N1C[C@@H](NC(=O)C2CC2)[C@H](c2ccc(C)cc2)C1. The van der Waals surface area contributed by atoms with Crippen LogP contribution in [0, 0.1) is 12.8 Å². The van der Waals surface area contributed by atoms with Gasteiger partial charge in [0.05, 0.1) is 11.6 Å². The van der Waals surface area contributed by atoms with Crippen molar-refractivity contribution in [3.05, 3.63) is 70.8 Å². The molecule has 0 aromatic heterocycles. The summed E-state index contributed by atoms with van der Waals surface area (Å²) in [5.41, 5.74) is 3.16. The minimum atomic E-state index is -0.156. The van der Waals surface area contributed by atoms with E-state index in [9.17, 15) is 14.4 Å². The van der Waals surface area contributed by atoms with Gasteiger partial charge in [-0.1, -0.05) is 48.0 Å². The van der Waals surface area contributed by atoms with Crippen LogP contribution < -0.4 is 5.32 Å². The minimum Gasteiger partial charge on any atom is -0.351 e. The molecule has 150 valence electrons. The quantitative estimate of drug-likeness (QED) is 0.797.